The highest BCUT2D eigenvalue weighted by Crippen LogP contribution is 2.22. The maximum absolute atomic E-state index is 9.07. The van der Waals surface area contributed by atoms with Crippen molar-refractivity contribution in [3.05, 3.63) is 60.2 Å². The number of nitrogens with one attached hydrogen (secondary N) is 1. The molecule has 0 aliphatic carbocycles. The van der Waals surface area contributed by atoms with Crippen molar-refractivity contribution in [2.45, 2.75) is 0 Å². The van der Waals surface area contributed by atoms with Crippen molar-refractivity contribution >= 4 is 28.1 Å². The van der Waals surface area contributed by atoms with Gasteiger partial charge in [0.05, 0.1) is 16.8 Å². The maximum atomic E-state index is 9.07. The Morgan fingerprint density at radius 1 is 1.05 bits per heavy atom. The molecule has 1 heterocycles. The summed E-state index contributed by atoms with van der Waals surface area (Å²) in [6, 6.07) is 18.9. The van der Waals surface area contributed by atoms with Gasteiger partial charge in [-0.1, -0.05) is 12.1 Å². The summed E-state index contributed by atoms with van der Waals surface area (Å²) in [5.74, 6) is 0.699. The average Bonchev–Trinajstić information content (AvgIpc) is 2.48. The minimum atomic E-state index is 0.590. The predicted octanol–water partition coefficient (Wildman–Crippen LogP) is 3.43. The number of hydrogen-bond donors (Lipinski definition) is 2. The van der Waals surface area contributed by atoms with E-state index < -0.39 is 0 Å². The molecule has 0 amide bonds. The summed E-state index contributed by atoms with van der Waals surface area (Å²) in [7, 11) is 0. The molecule has 0 fully saturated rings. The van der Waals surface area contributed by atoms with Crippen LogP contribution in [-0.2, 0) is 0 Å². The van der Waals surface area contributed by atoms with Gasteiger partial charge in [0.1, 0.15) is 11.9 Å². The third kappa shape index (κ3) is 2.25. The molecule has 0 spiro atoms. The summed E-state index contributed by atoms with van der Waals surface area (Å²) in [5, 5.41) is 13.2. The Labute approximate surface area is 116 Å². The van der Waals surface area contributed by atoms with Crippen molar-refractivity contribution in [1.82, 2.24) is 4.98 Å². The quantitative estimate of drug-likeness (QED) is 0.692. The number of para-hydroxylation sites is 1. The van der Waals surface area contributed by atoms with Crippen LogP contribution < -0.4 is 11.1 Å². The van der Waals surface area contributed by atoms with Crippen LogP contribution in [0.15, 0.2) is 54.6 Å². The molecule has 3 aromatic rings. The van der Waals surface area contributed by atoms with Crippen LogP contribution in [0.5, 0.6) is 0 Å². The minimum absolute atomic E-state index is 0.590. The largest absolute Gasteiger partial charge is 0.399 e. The molecule has 96 valence electrons. The van der Waals surface area contributed by atoms with Crippen molar-refractivity contribution in [2.75, 3.05) is 11.1 Å². The highest BCUT2D eigenvalue weighted by Gasteiger charge is 2.03. The van der Waals surface area contributed by atoms with E-state index in [-0.39, 0.29) is 0 Å². The van der Waals surface area contributed by atoms with Gasteiger partial charge in [-0.25, -0.2) is 4.98 Å². The Balaban J connectivity index is 1.99. The topological polar surface area (TPSA) is 74.7 Å². The minimum Gasteiger partial charge on any atom is -0.399 e. The molecule has 3 N–H and O–H groups in total. The molecular formula is C16H12N4. The maximum Gasteiger partial charge on any atom is 0.131 e. The van der Waals surface area contributed by atoms with E-state index in [4.69, 9.17) is 11.0 Å². The summed E-state index contributed by atoms with van der Waals surface area (Å²) in [6.07, 6.45) is 0. The van der Waals surface area contributed by atoms with Gasteiger partial charge < -0.3 is 11.1 Å². The van der Waals surface area contributed by atoms with E-state index in [1.54, 1.807) is 6.07 Å². The molecule has 0 bridgehead atoms. The zero-order valence-corrected chi connectivity index (χ0v) is 10.7. The number of benzene rings is 2. The molecule has 0 atom stereocenters. The molecule has 3 rings (SSSR count). The number of nitrogen functional groups attached to an aromatic ring is 1. The molecule has 0 unspecified atom stereocenters. The summed E-state index contributed by atoms with van der Waals surface area (Å²) < 4.78 is 0. The first-order valence-electron chi connectivity index (χ1n) is 6.19. The lowest BCUT2D eigenvalue weighted by Crippen LogP contribution is -1.96. The second-order valence-electron chi connectivity index (χ2n) is 4.43. The molecule has 0 saturated heterocycles. The molecule has 2 aromatic carbocycles. The Bertz CT molecular complexity index is 818. The first-order valence-corrected chi connectivity index (χ1v) is 6.19. The molecule has 0 aliphatic heterocycles. The lowest BCUT2D eigenvalue weighted by atomic mass is 10.2. The molecule has 0 radical (unpaired) electrons. The van der Waals surface area contributed by atoms with Gasteiger partial charge in [0, 0.05) is 11.1 Å². The van der Waals surface area contributed by atoms with Crippen LogP contribution in [-0.4, -0.2) is 4.98 Å². The van der Waals surface area contributed by atoms with E-state index in [0.717, 1.165) is 22.3 Å². The Morgan fingerprint density at radius 2 is 1.90 bits per heavy atom. The van der Waals surface area contributed by atoms with E-state index in [0.29, 0.717) is 11.4 Å². The number of rotatable bonds is 2. The van der Waals surface area contributed by atoms with E-state index in [2.05, 4.69) is 16.4 Å². The van der Waals surface area contributed by atoms with Crippen molar-refractivity contribution in [2.24, 2.45) is 0 Å². The number of aromatic nitrogens is 1. The standard InChI is InChI=1S/C16H12N4/c17-10-12-3-1-2-4-14(12)19-16-8-5-11-9-13(18)6-7-15(11)20-16/h1-9H,18H2,(H,19,20). The highest BCUT2D eigenvalue weighted by molar-refractivity contribution is 5.84. The first-order chi connectivity index (χ1) is 9.76. The number of hydrogen-bond acceptors (Lipinski definition) is 4. The van der Waals surface area contributed by atoms with Crippen molar-refractivity contribution in [3.63, 3.8) is 0 Å². The van der Waals surface area contributed by atoms with Crippen LogP contribution >= 0.6 is 0 Å². The second-order valence-corrected chi connectivity index (χ2v) is 4.43. The van der Waals surface area contributed by atoms with E-state index in [1.807, 2.05) is 48.5 Å². The summed E-state index contributed by atoms with van der Waals surface area (Å²) in [5.41, 5.74) is 8.66. The number of nitriles is 1. The zero-order valence-electron chi connectivity index (χ0n) is 10.7. The number of fused-ring (bicyclic) bond motifs is 1. The van der Waals surface area contributed by atoms with E-state index in [1.165, 1.54) is 0 Å². The smallest absolute Gasteiger partial charge is 0.131 e. The van der Waals surface area contributed by atoms with Crippen LogP contribution in [0.4, 0.5) is 17.2 Å². The fraction of sp³-hybridized carbons (Fsp3) is 0. The van der Waals surface area contributed by atoms with Crippen LogP contribution in [0, 0.1) is 11.3 Å². The van der Waals surface area contributed by atoms with Crippen LogP contribution in [0.25, 0.3) is 10.9 Å². The molecule has 1 aromatic heterocycles. The predicted molar refractivity (Wildman–Crippen MR) is 80.6 cm³/mol. The van der Waals surface area contributed by atoms with Crippen molar-refractivity contribution < 1.29 is 0 Å². The molecule has 4 heteroatoms. The van der Waals surface area contributed by atoms with E-state index in [9.17, 15) is 0 Å². The molecule has 0 saturated carbocycles. The lowest BCUT2D eigenvalue weighted by Gasteiger charge is -2.08. The van der Waals surface area contributed by atoms with Crippen LogP contribution in [0.3, 0.4) is 0 Å². The van der Waals surface area contributed by atoms with Gasteiger partial charge in [-0.2, -0.15) is 5.26 Å². The zero-order chi connectivity index (χ0) is 13.9. The third-order valence-electron chi connectivity index (χ3n) is 3.02. The van der Waals surface area contributed by atoms with E-state index >= 15 is 0 Å². The number of anilines is 3. The molecule has 0 aliphatic rings. The number of nitrogens with two attached hydrogens (primary N) is 1. The molecular weight excluding hydrogens is 248 g/mol. The van der Waals surface area contributed by atoms with Gasteiger partial charge in [-0.15, -0.1) is 0 Å². The fourth-order valence-electron chi connectivity index (χ4n) is 2.04. The van der Waals surface area contributed by atoms with Crippen LogP contribution in [0.2, 0.25) is 0 Å². The average molecular weight is 260 g/mol. The van der Waals surface area contributed by atoms with Gasteiger partial charge >= 0.3 is 0 Å². The molecule has 20 heavy (non-hydrogen) atoms. The normalized spacial score (nSPS) is 10.2. The summed E-state index contributed by atoms with van der Waals surface area (Å²) in [6.45, 7) is 0. The van der Waals surface area contributed by atoms with Gasteiger partial charge in [-0.05, 0) is 42.5 Å². The van der Waals surface area contributed by atoms with Crippen molar-refractivity contribution in [1.29, 1.82) is 5.26 Å². The Morgan fingerprint density at radius 3 is 2.75 bits per heavy atom. The van der Waals surface area contributed by atoms with Gasteiger partial charge in [-0.3, -0.25) is 0 Å². The first kappa shape index (κ1) is 12.0. The Hall–Kier alpha value is -3.06. The molecule has 4 nitrogen and oxygen atoms in total. The SMILES string of the molecule is N#Cc1ccccc1Nc1ccc2cc(N)ccc2n1. The lowest BCUT2D eigenvalue weighted by molar-refractivity contribution is 1.36. The fourth-order valence-corrected chi connectivity index (χ4v) is 2.04. The highest BCUT2D eigenvalue weighted by atomic mass is 15.0. The van der Waals surface area contributed by atoms with Gasteiger partial charge in [0.25, 0.3) is 0 Å². The van der Waals surface area contributed by atoms with Crippen LogP contribution in [0.1, 0.15) is 5.56 Å². The Kier molecular flexibility index (Phi) is 2.94. The monoisotopic (exact) mass is 260 g/mol. The van der Waals surface area contributed by atoms with Gasteiger partial charge in [0.15, 0.2) is 0 Å². The summed E-state index contributed by atoms with van der Waals surface area (Å²) >= 11 is 0. The third-order valence-corrected chi connectivity index (χ3v) is 3.02. The van der Waals surface area contributed by atoms with Crippen molar-refractivity contribution in [3.8, 4) is 6.07 Å². The second kappa shape index (κ2) is 4.90. The number of nitrogens with zero attached hydrogens (tertiary/aromatic N) is 2. The summed E-state index contributed by atoms with van der Waals surface area (Å²) in [4.78, 5) is 4.51. The van der Waals surface area contributed by atoms with Gasteiger partial charge in [0.2, 0.25) is 0 Å². The number of pyridine rings is 1.